The SMILES string of the molecule is CC(CNCc1cccc(Cl)c1)CN1CCCCC1. The molecule has 1 atom stereocenters. The van der Waals surface area contributed by atoms with Gasteiger partial charge in [-0.3, -0.25) is 0 Å². The molecule has 3 heteroatoms. The Balaban J connectivity index is 1.64. The average Bonchev–Trinajstić information content (AvgIpc) is 2.40. The number of likely N-dealkylation sites (tertiary alicyclic amines) is 1. The van der Waals surface area contributed by atoms with Gasteiger partial charge in [0, 0.05) is 18.1 Å². The van der Waals surface area contributed by atoms with E-state index in [4.69, 9.17) is 11.6 Å². The lowest BCUT2D eigenvalue weighted by Crippen LogP contribution is -2.36. The summed E-state index contributed by atoms with van der Waals surface area (Å²) in [5.74, 6) is 0.706. The molecule has 0 radical (unpaired) electrons. The molecule has 1 aliphatic heterocycles. The van der Waals surface area contributed by atoms with Crippen molar-refractivity contribution in [2.24, 2.45) is 5.92 Å². The normalized spacial score (nSPS) is 18.4. The summed E-state index contributed by atoms with van der Waals surface area (Å²) in [7, 11) is 0. The maximum atomic E-state index is 5.98. The van der Waals surface area contributed by atoms with Crippen molar-refractivity contribution in [3.63, 3.8) is 0 Å². The second kappa shape index (κ2) is 7.88. The molecule has 0 aliphatic carbocycles. The van der Waals surface area contributed by atoms with Crippen molar-refractivity contribution in [3.8, 4) is 0 Å². The van der Waals surface area contributed by atoms with E-state index in [0.717, 1.165) is 18.1 Å². The van der Waals surface area contributed by atoms with Crippen LogP contribution in [0.1, 0.15) is 31.7 Å². The minimum Gasteiger partial charge on any atom is -0.312 e. The van der Waals surface area contributed by atoms with Crippen LogP contribution in [0.4, 0.5) is 0 Å². The highest BCUT2D eigenvalue weighted by molar-refractivity contribution is 6.30. The largest absolute Gasteiger partial charge is 0.312 e. The first-order chi connectivity index (χ1) is 9.24. The third-order valence-corrected chi connectivity index (χ3v) is 3.96. The second-order valence-corrected chi connectivity index (χ2v) is 6.16. The third-order valence-electron chi connectivity index (χ3n) is 3.73. The molecule has 0 bridgehead atoms. The predicted octanol–water partition coefficient (Wildman–Crippen LogP) is 3.55. The summed E-state index contributed by atoms with van der Waals surface area (Å²) in [6.07, 6.45) is 4.17. The molecular formula is C16H25ClN2. The third kappa shape index (κ3) is 5.52. The molecule has 1 N–H and O–H groups in total. The van der Waals surface area contributed by atoms with E-state index in [1.807, 2.05) is 18.2 Å². The molecule has 0 amide bonds. The molecule has 1 aliphatic rings. The molecule has 1 aromatic rings. The zero-order valence-electron chi connectivity index (χ0n) is 11.9. The Labute approximate surface area is 122 Å². The van der Waals surface area contributed by atoms with Crippen LogP contribution in [0.15, 0.2) is 24.3 Å². The van der Waals surface area contributed by atoms with Gasteiger partial charge < -0.3 is 10.2 Å². The maximum Gasteiger partial charge on any atom is 0.0409 e. The van der Waals surface area contributed by atoms with Crippen LogP contribution in [0.3, 0.4) is 0 Å². The van der Waals surface area contributed by atoms with E-state index in [0.29, 0.717) is 5.92 Å². The Morgan fingerprint density at radius 3 is 2.79 bits per heavy atom. The summed E-state index contributed by atoms with van der Waals surface area (Å²) < 4.78 is 0. The van der Waals surface area contributed by atoms with Crippen LogP contribution in [0.25, 0.3) is 0 Å². The van der Waals surface area contributed by atoms with Crippen molar-refractivity contribution in [1.29, 1.82) is 0 Å². The molecule has 1 fully saturated rings. The Morgan fingerprint density at radius 1 is 1.26 bits per heavy atom. The average molecular weight is 281 g/mol. The van der Waals surface area contributed by atoms with E-state index in [-0.39, 0.29) is 0 Å². The van der Waals surface area contributed by atoms with Gasteiger partial charge in [-0.25, -0.2) is 0 Å². The number of piperidine rings is 1. The van der Waals surface area contributed by atoms with Crippen molar-refractivity contribution in [2.45, 2.75) is 32.7 Å². The molecule has 1 unspecified atom stereocenters. The number of rotatable bonds is 6. The summed E-state index contributed by atoms with van der Waals surface area (Å²) in [4.78, 5) is 2.61. The van der Waals surface area contributed by atoms with Crippen LogP contribution in [0, 0.1) is 5.92 Å². The summed E-state index contributed by atoms with van der Waals surface area (Å²) in [5, 5.41) is 4.35. The number of halogens is 1. The Bertz CT molecular complexity index is 375. The lowest BCUT2D eigenvalue weighted by atomic mass is 10.1. The van der Waals surface area contributed by atoms with Crippen LogP contribution in [-0.4, -0.2) is 31.1 Å². The lowest BCUT2D eigenvalue weighted by molar-refractivity contribution is 0.199. The lowest BCUT2D eigenvalue weighted by Gasteiger charge is -2.29. The van der Waals surface area contributed by atoms with Crippen molar-refractivity contribution in [2.75, 3.05) is 26.2 Å². The predicted molar refractivity (Wildman–Crippen MR) is 82.6 cm³/mol. The van der Waals surface area contributed by atoms with E-state index in [9.17, 15) is 0 Å². The molecule has 1 aromatic carbocycles. The van der Waals surface area contributed by atoms with Crippen LogP contribution >= 0.6 is 11.6 Å². The fraction of sp³-hybridized carbons (Fsp3) is 0.625. The second-order valence-electron chi connectivity index (χ2n) is 5.73. The molecule has 0 aromatic heterocycles. The minimum absolute atomic E-state index is 0.706. The van der Waals surface area contributed by atoms with Gasteiger partial charge in [-0.15, -0.1) is 0 Å². The first kappa shape index (κ1) is 14.8. The zero-order valence-corrected chi connectivity index (χ0v) is 12.6. The number of nitrogens with one attached hydrogen (secondary N) is 1. The quantitative estimate of drug-likeness (QED) is 0.857. The topological polar surface area (TPSA) is 15.3 Å². The monoisotopic (exact) mass is 280 g/mol. The molecule has 106 valence electrons. The standard InChI is InChI=1S/C16H25ClN2/c1-14(13-19-8-3-2-4-9-19)11-18-12-15-6-5-7-16(17)10-15/h5-7,10,14,18H,2-4,8-9,11-13H2,1H3. The molecule has 1 saturated heterocycles. The fourth-order valence-corrected chi connectivity index (χ4v) is 2.97. The van der Waals surface area contributed by atoms with Crippen LogP contribution < -0.4 is 5.32 Å². The van der Waals surface area contributed by atoms with Crippen molar-refractivity contribution in [1.82, 2.24) is 10.2 Å². The van der Waals surface area contributed by atoms with E-state index in [1.165, 1.54) is 44.5 Å². The number of hydrogen-bond acceptors (Lipinski definition) is 2. The highest BCUT2D eigenvalue weighted by Gasteiger charge is 2.12. The van der Waals surface area contributed by atoms with E-state index in [2.05, 4.69) is 23.2 Å². The molecular weight excluding hydrogens is 256 g/mol. The smallest absolute Gasteiger partial charge is 0.0409 e. The summed E-state index contributed by atoms with van der Waals surface area (Å²) >= 11 is 5.98. The van der Waals surface area contributed by atoms with Crippen molar-refractivity contribution in [3.05, 3.63) is 34.9 Å². The number of hydrogen-bond donors (Lipinski definition) is 1. The Hall–Kier alpha value is -0.570. The van der Waals surface area contributed by atoms with E-state index >= 15 is 0 Å². The van der Waals surface area contributed by atoms with Gasteiger partial charge in [0.1, 0.15) is 0 Å². The van der Waals surface area contributed by atoms with Gasteiger partial charge in [-0.1, -0.05) is 37.1 Å². The highest BCUT2D eigenvalue weighted by Crippen LogP contribution is 2.12. The van der Waals surface area contributed by atoms with Gasteiger partial charge in [0.05, 0.1) is 0 Å². The van der Waals surface area contributed by atoms with Gasteiger partial charge in [0.15, 0.2) is 0 Å². The molecule has 0 saturated carbocycles. The highest BCUT2D eigenvalue weighted by atomic mass is 35.5. The molecule has 2 rings (SSSR count). The molecule has 2 nitrogen and oxygen atoms in total. The van der Waals surface area contributed by atoms with Crippen molar-refractivity contribution >= 4 is 11.6 Å². The Morgan fingerprint density at radius 2 is 2.05 bits per heavy atom. The summed E-state index contributed by atoms with van der Waals surface area (Å²) in [6, 6.07) is 8.08. The zero-order chi connectivity index (χ0) is 13.5. The van der Waals surface area contributed by atoms with Gasteiger partial charge in [0.25, 0.3) is 0 Å². The summed E-state index contributed by atoms with van der Waals surface area (Å²) in [5.41, 5.74) is 1.26. The van der Waals surface area contributed by atoms with Gasteiger partial charge in [0.2, 0.25) is 0 Å². The first-order valence-corrected chi connectivity index (χ1v) is 7.79. The van der Waals surface area contributed by atoms with Crippen LogP contribution in [0.2, 0.25) is 5.02 Å². The molecule has 19 heavy (non-hydrogen) atoms. The van der Waals surface area contributed by atoms with Crippen LogP contribution in [0.5, 0.6) is 0 Å². The van der Waals surface area contributed by atoms with E-state index in [1.54, 1.807) is 0 Å². The fourth-order valence-electron chi connectivity index (χ4n) is 2.76. The molecule has 1 heterocycles. The number of nitrogens with zero attached hydrogens (tertiary/aromatic N) is 1. The van der Waals surface area contributed by atoms with Gasteiger partial charge in [-0.05, 0) is 56.1 Å². The molecule has 0 spiro atoms. The van der Waals surface area contributed by atoms with Gasteiger partial charge >= 0.3 is 0 Å². The van der Waals surface area contributed by atoms with Crippen molar-refractivity contribution < 1.29 is 0 Å². The Kier molecular flexibility index (Phi) is 6.15. The number of benzene rings is 1. The minimum atomic E-state index is 0.706. The maximum absolute atomic E-state index is 5.98. The van der Waals surface area contributed by atoms with Crippen LogP contribution in [-0.2, 0) is 6.54 Å². The first-order valence-electron chi connectivity index (χ1n) is 7.41. The van der Waals surface area contributed by atoms with E-state index < -0.39 is 0 Å². The summed E-state index contributed by atoms with van der Waals surface area (Å²) in [6.45, 7) is 8.12. The van der Waals surface area contributed by atoms with Gasteiger partial charge in [-0.2, -0.15) is 0 Å².